The van der Waals surface area contributed by atoms with Crippen LogP contribution in [0.15, 0.2) is 42.5 Å². The van der Waals surface area contributed by atoms with Crippen LogP contribution in [-0.2, 0) is 21.0 Å². The van der Waals surface area contributed by atoms with Gasteiger partial charge in [-0.3, -0.25) is 14.4 Å². The highest BCUT2D eigenvalue weighted by Crippen LogP contribution is 2.36. The molecule has 0 aliphatic heterocycles. The van der Waals surface area contributed by atoms with Crippen molar-refractivity contribution in [1.29, 1.82) is 0 Å². The topological polar surface area (TPSA) is 92.3 Å². The van der Waals surface area contributed by atoms with Crippen LogP contribution in [0.2, 0.25) is 5.02 Å². The summed E-state index contributed by atoms with van der Waals surface area (Å²) >= 11 is 7.01. The van der Waals surface area contributed by atoms with Gasteiger partial charge in [0.05, 0.1) is 22.5 Å². The van der Waals surface area contributed by atoms with E-state index >= 15 is 0 Å². The quantitative estimate of drug-likeness (QED) is 0.530. The summed E-state index contributed by atoms with van der Waals surface area (Å²) in [7, 11) is -4.14. The van der Waals surface area contributed by atoms with Gasteiger partial charge in [0.2, 0.25) is 21.1 Å². The fourth-order valence-corrected chi connectivity index (χ4v) is 4.53. The monoisotopic (exact) mass is 504 g/mol. The average Bonchev–Trinajstić information content (AvgIpc) is 3.14. The molecular weight excluding hydrogens is 489 g/mol. The van der Waals surface area contributed by atoms with Gasteiger partial charge in [-0.2, -0.15) is 13.2 Å². The van der Waals surface area contributed by atoms with E-state index in [2.05, 4.69) is 15.5 Å². The van der Waals surface area contributed by atoms with Crippen LogP contribution in [0.4, 0.5) is 24.0 Å². The lowest BCUT2D eigenvalue weighted by Crippen LogP contribution is -2.37. The zero-order chi connectivity index (χ0) is 23.7. The zero-order valence-electron chi connectivity index (χ0n) is 16.6. The lowest BCUT2D eigenvalue weighted by atomic mass is 10.2. The molecule has 0 aliphatic carbocycles. The van der Waals surface area contributed by atoms with E-state index in [0.717, 1.165) is 40.9 Å². The summed E-state index contributed by atoms with van der Waals surface area (Å²) in [5, 5.41) is 10.6. The minimum absolute atomic E-state index is 0.106. The van der Waals surface area contributed by atoms with Crippen molar-refractivity contribution in [2.24, 2.45) is 0 Å². The first kappa shape index (κ1) is 24.0. The molecule has 3 aromatic rings. The molecule has 0 unspecified atom stereocenters. The fourth-order valence-electron chi connectivity index (χ4n) is 2.64. The Hall–Kier alpha value is -2.70. The number of alkyl halides is 3. The highest BCUT2D eigenvalue weighted by molar-refractivity contribution is 7.92. The van der Waals surface area contributed by atoms with E-state index in [9.17, 15) is 26.4 Å². The molecule has 0 atom stereocenters. The minimum Gasteiger partial charge on any atom is -0.299 e. The molecule has 32 heavy (non-hydrogen) atoms. The van der Waals surface area contributed by atoms with Crippen LogP contribution in [0.5, 0.6) is 0 Å². The van der Waals surface area contributed by atoms with Crippen molar-refractivity contribution in [3.8, 4) is 10.6 Å². The van der Waals surface area contributed by atoms with Gasteiger partial charge in [0, 0.05) is 5.56 Å². The number of sulfonamides is 1. The van der Waals surface area contributed by atoms with E-state index in [-0.39, 0.29) is 10.2 Å². The third kappa shape index (κ3) is 5.75. The van der Waals surface area contributed by atoms with Crippen molar-refractivity contribution in [2.75, 3.05) is 22.4 Å². The summed E-state index contributed by atoms with van der Waals surface area (Å²) in [5.41, 5.74) is 0.276. The predicted molar refractivity (Wildman–Crippen MR) is 117 cm³/mol. The maximum atomic E-state index is 13.1. The Balaban J connectivity index is 1.82. The van der Waals surface area contributed by atoms with E-state index in [4.69, 9.17) is 11.6 Å². The number of anilines is 2. The third-order valence-electron chi connectivity index (χ3n) is 4.20. The average molecular weight is 505 g/mol. The number of nitrogens with one attached hydrogen (secondary N) is 1. The molecule has 3 rings (SSSR count). The van der Waals surface area contributed by atoms with Gasteiger partial charge in [0.1, 0.15) is 11.6 Å². The van der Waals surface area contributed by atoms with Crippen LogP contribution in [0.3, 0.4) is 0 Å². The molecule has 1 amide bonds. The summed E-state index contributed by atoms with van der Waals surface area (Å²) in [6.45, 7) is 1.12. The van der Waals surface area contributed by atoms with Crippen LogP contribution in [-0.4, -0.2) is 37.3 Å². The summed E-state index contributed by atoms with van der Waals surface area (Å²) in [6.07, 6.45) is -3.96. The lowest BCUT2D eigenvalue weighted by molar-refractivity contribution is -0.137. The molecule has 170 valence electrons. The molecule has 0 radical (unpaired) electrons. The van der Waals surface area contributed by atoms with E-state index in [1.54, 1.807) is 0 Å². The van der Waals surface area contributed by atoms with Crippen LogP contribution >= 0.6 is 22.9 Å². The molecule has 1 aromatic heterocycles. The van der Waals surface area contributed by atoms with Crippen molar-refractivity contribution in [3.05, 3.63) is 58.6 Å². The number of aromatic nitrogens is 2. The van der Waals surface area contributed by atoms with Gasteiger partial charge in [-0.15, -0.1) is 10.2 Å². The number of carbonyl (C=O) groups excluding carboxylic acids is 1. The van der Waals surface area contributed by atoms with E-state index in [1.807, 2.05) is 31.2 Å². The molecule has 0 bridgehead atoms. The number of hydrogen-bond acceptors (Lipinski definition) is 6. The lowest BCUT2D eigenvalue weighted by Gasteiger charge is -2.23. The maximum Gasteiger partial charge on any atom is 0.416 e. The highest BCUT2D eigenvalue weighted by atomic mass is 35.5. The van der Waals surface area contributed by atoms with Gasteiger partial charge in [0.15, 0.2) is 0 Å². The standard InChI is InChI=1S/C19H16ClF3N4O3S2/c1-11-3-5-12(6-4-11)17-25-26-18(31-17)24-16(28)10-27(32(2,29)30)15-9-13(19(21,22)23)7-8-14(15)20/h3-9H,10H2,1-2H3,(H,24,26,28). The molecular formula is C19H16ClF3N4O3S2. The van der Waals surface area contributed by atoms with Crippen molar-refractivity contribution in [1.82, 2.24) is 10.2 Å². The summed E-state index contributed by atoms with van der Waals surface area (Å²) in [6, 6.07) is 9.67. The molecule has 0 fully saturated rings. The van der Waals surface area contributed by atoms with Gasteiger partial charge in [-0.25, -0.2) is 8.42 Å². The molecule has 13 heteroatoms. The minimum atomic E-state index is -4.72. The van der Waals surface area contributed by atoms with Crippen LogP contribution < -0.4 is 9.62 Å². The van der Waals surface area contributed by atoms with Crippen molar-refractivity contribution in [3.63, 3.8) is 0 Å². The Labute approximate surface area is 190 Å². The first-order valence-electron chi connectivity index (χ1n) is 8.89. The molecule has 0 saturated carbocycles. The smallest absolute Gasteiger partial charge is 0.299 e. The number of nitrogens with zero attached hydrogens (tertiary/aromatic N) is 3. The fraction of sp³-hybridized carbons (Fsp3) is 0.211. The number of rotatable bonds is 6. The Morgan fingerprint density at radius 2 is 1.81 bits per heavy atom. The normalized spacial score (nSPS) is 11.9. The first-order valence-corrected chi connectivity index (χ1v) is 11.9. The number of aryl methyl sites for hydroxylation is 1. The first-order chi connectivity index (χ1) is 14.8. The van der Waals surface area contributed by atoms with E-state index in [0.29, 0.717) is 15.4 Å². The van der Waals surface area contributed by atoms with E-state index in [1.165, 1.54) is 0 Å². The highest BCUT2D eigenvalue weighted by Gasteiger charge is 2.33. The molecule has 7 nitrogen and oxygen atoms in total. The summed E-state index contributed by atoms with van der Waals surface area (Å²) in [5.74, 6) is -0.824. The number of halogens is 4. The zero-order valence-corrected chi connectivity index (χ0v) is 19.0. The summed E-state index contributed by atoms with van der Waals surface area (Å²) in [4.78, 5) is 12.5. The Kier molecular flexibility index (Phi) is 6.77. The van der Waals surface area contributed by atoms with Gasteiger partial charge < -0.3 is 0 Å². The van der Waals surface area contributed by atoms with Gasteiger partial charge in [-0.1, -0.05) is 52.8 Å². The SMILES string of the molecule is Cc1ccc(-c2nnc(NC(=O)CN(c3cc(C(F)(F)F)ccc3Cl)S(C)(=O)=O)s2)cc1. The van der Waals surface area contributed by atoms with Crippen LogP contribution in [0.1, 0.15) is 11.1 Å². The van der Waals surface area contributed by atoms with Crippen molar-refractivity contribution < 1.29 is 26.4 Å². The second-order valence-corrected chi connectivity index (χ2v) is 10.1. The Morgan fingerprint density at radius 3 is 2.41 bits per heavy atom. The molecule has 2 aromatic carbocycles. The second kappa shape index (κ2) is 9.04. The van der Waals surface area contributed by atoms with Gasteiger partial charge in [-0.05, 0) is 25.1 Å². The second-order valence-electron chi connectivity index (χ2n) is 6.76. The molecule has 1 heterocycles. The number of carbonyl (C=O) groups is 1. The van der Waals surface area contributed by atoms with Crippen LogP contribution in [0.25, 0.3) is 10.6 Å². The Bertz CT molecular complexity index is 1250. The number of benzene rings is 2. The van der Waals surface area contributed by atoms with Gasteiger partial charge in [0.25, 0.3) is 0 Å². The number of hydrogen-bond donors (Lipinski definition) is 1. The van der Waals surface area contributed by atoms with Crippen LogP contribution in [0, 0.1) is 6.92 Å². The maximum absolute atomic E-state index is 13.1. The largest absolute Gasteiger partial charge is 0.416 e. The molecule has 0 spiro atoms. The number of amides is 1. The summed E-state index contributed by atoms with van der Waals surface area (Å²) < 4.78 is 64.2. The third-order valence-corrected chi connectivity index (χ3v) is 6.53. The van der Waals surface area contributed by atoms with Gasteiger partial charge >= 0.3 is 6.18 Å². The van der Waals surface area contributed by atoms with Crippen molar-refractivity contribution in [2.45, 2.75) is 13.1 Å². The molecule has 1 N–H and O–H groups in total. The molecule has 0 saturated heterocycles. The molecule has 0 aliphatic rings. The van der Waals surface area contributed by atoms with E-state index < -0.39 is 39.9 Å². The predicted octanol–water partition coefficient (Wildman–Crippen LogP) is 4.59. The Morgan fingerprint density at radius 1 is 1.16 bits per heavy atom. The van der Waals surface area contributed by atoms with Crippen molar-refractivity contribution >= 4 is 49.7 Å².